The molecule has 2 heterocycles. The summed E-state index contributed by atoms with van der Waals surface area (Å²) in [5.41, 5.74) is 0.179. The largest absolute Gasteiger partial charge is 0.506 e. The predicted molar refractivity (Wildman–Crippen MR) is 103 cm³/mol. The molecular formula is C19H25ClN4O3. The highest BCUT2D eigenvalue weighted by molar-refractivity contribution is 6.31. The first kappa shape index (κ1) is 19.6. The van der Waals surface area contributed by atoms with Crippen molar-refractivity contribution in [1.82, 2.24) is 15.0 Å². The molecule has 27 heavy (non-hydrogen) atoms. The number of aromatic hydroxyl groups is 1. The molecule has 1 amide bonds. The predicted octanol–water partition coefficient (Wildman–Crippen LogP) is 3.58. The van der Waals surface area contributed by atoms with Crippen LogP contribution in [-0.2, 0) is 16.8 Å². The molecule has 1 aromatic heterocycles. The van der Waals surface area contributed by atoms with E-state index in [-0.39, 0.29) is 23.0 Å². The van der Waals surface area contributed by atoms with Crippen molar-refractivity contribution in [1.29, 1.82) is 0 Å². The Morgan fingerprint density at radius 3 is 2.70 bits per heavy atom. The third-order valence-corrected chi connectivity index (χ3v) is 4.88. The van der Waals surface area contributed by atoms with Crippen LogP contribution in [-0.4, -0.2) is 39.1 Å². The average molecular weight is 393 g/mol. The number of phenols is 1. The number of nitrogens with one attached hydrogen (secondary N) is 1. The molecule has 2 N–H and O–H groups in total. The standard InChI is InChI=1S/C19H25ClN4O3/c1-19(2,3)18-22-16(23-27-18)11-24-8-6-12(7-9-24)17(26)21-14-10-13(20)4-5-15(14)25/h4-5,10,12,25H,6-9,11H2,1-3H3,(H,21,26). The summed E-state index contributed by atoms with van der Waals surface area (Å²) in [5, 5.41) is 17.1. The van der Waals surface area contributed by atoms with E-state index >= 15 is 0 Å². The van der Waals surface area contributed by atoms with Crippen molar-refractivity contribution in [3.05, 3.63) is 34.9 Å². The molecule has 0 saturated carbocycles. The van der Waals surface area contributed by atoms with Gasteiger partial charge in [-0.3, -0.25) is 9.69 Å². The van der Waals surface area contributed by atoms with Gasteiger partial charge in [-0.05, 0) is 44.1 Å². The smallest absolute Gasteiger partial charge is 0.232 e. The molecule has 0 aliphatic carbocycles. The normalized spacial score (nSPS) is 16.4. The van der Waals surface area contributed by atoms with Gasteiger partial charge in [0.05, 0.1) is 12.2 Å². The molecule has 0 unspecified atom stereocenters. The van der Waals surface area contributed by atoms with Crippen LogP contribution in [0.15, 0.2) is 22.7 Å². The zero-order valence-corrected chi connectivity index (χ0v) is 16.6. The fourth-order valence-corrected chi connectivity index (χ4v) is 3.19. The fourth-order valence-electron chi connectivity index (χ4n) is 3.02. The number of aromatic nitrogens is 2. The van der Waals surface area contributed by atoms with E-state index in [2.05, 4.69) is 20.4 Å². The maximum absolute atomic E-state index is 12.5. The van der Waals surface area contributed by atoms with Gasteiger partial charge in [0.1, 0.15) is 5.75 Å². The first-order chi connectivity index (χ1) is 12.7. The first-order valence-corrected chi connectivity index (χ1v) is 9.45. The Kier molecular flexibility index (Phi) is 5.72. The zero-order chi connectivity index (χ0) is 19.6. The Morgan fingerprint density at radius 1 is 1.37 bits per heavy atom. The Hall–Kier alpha value is -2.12. The Labute approximate surface area is 163 Å². The lowest BCUT2D eigenvalue weighted by molar-refractivity contribution is -0.121. The van der Waals surface area contributed by atoms with Crippen molar-refractivity contribution in [2.24, 2.45) is 5.92 Å². The lowest BCUT2D eigenvalue weighted by Gasteiger charge is -2.30. The highest BCUT2D eigenvalue weighted by atomic mass is 35.5. The quantitative estimate of drug-likeness (QED) is 0.773. The lowest BCUT2D eigenvalue weighted by atomic mass is 9.95. The van der Waals surface area contributed by atoms with Crippen molar-refractivity contribution in [2.45, 2.75) is 45.6 Å². The molecule has 146 valence electrons. The van der Waals surface area contributed by atoms with E-state index < -0.39 is 0 Å². The molecule has 1 fully saturated rings. The minimum absolute atomic E-state index is 0.0111. The molecular weight excluding hydrogens is 368 g/mol. The van der Waals surface area contributed by atoms with Gasteiger partial charge in [0.25, 0.3) is 0 Å². The molecule has 3 rings (SSSR count). The number of phenolic OH excluding ortho intramolecular Hbond substituents is 1. The van der Waals surface area contributed by atoms with Gasteiger partial charge in [0.15, 0.2) is 5.82 Å². The van der Waals surface area contributed by atoms with E-state index in [9.17, 15) is 9.90 Å². The van der Waals surface area contributed by atoms with Crippen LogP contribution in [0.5, 0.6) is 5.75 Å². The van der Waals surface area contributed by atoms with Crippen LogP contribution in [0.4, 0.5) is 5.69 Å². The fraction of sp³-hybridized carbons (Fsp3) is 0.526. The van der Waals surface area contributed by atoms with Gasteiger partial charge < -0.3 is 14.9 Å². The number of anilines is 1. The van der Waals surface area contributed by atoms with Crippen LogP contribution in [0.25, 0.3) is 0 Å². The number of carbonyl (C=O) groups excluding carboxylic acids is 1. The van der Waals surface area contributed by atoms with Crippen LogP contribution in [0.3, 0.4) is 0 Å². The third-order valence-electron chi connectivity index (χ3n) is 4.65. The van der Waals surface area contributed by atoms with Crippen molar-refractivity contribution in [3.63, 3.8) is 0 Å². The van der Waals surface area contributed by atoms with E-state index in [1.54, 1.807) is 12.1 Å². The number of hydrogen-bond donors (Lipinski definition) is 2. The van der Waals surface area contributed by atoms with Gasteiger partial charge in [-0.1, -0.05) is 37.5 Å². The van der Waals surface area contributed by atoms with E-state index in [4.69, 9.17) is 16.1 Å². The summed E-state index contributed by atoms with van der Waals surface area (Å²) >= 11 is 5.92. The second-order valence-electron chi connectivity index (χ2n) is 7.97. The second-order valence-corrected chi connectivity index (χ2v) is 8.40. The molecule has 2 aromatic rings. The van der Waals surface area contributed by atoms with Crippen LogP contribution in [0, 0.1) is 5.92 Å². The molecule has 8 heteroatoms. The number of nitrogens with zero attached hydrogens (tertiary/aromatic N) is 3. The van der Waals surface area contributed by atoms with Crippen LogP contribution >= 0.6 is 11.6 Å². The molecule has 1 saturated heterocycles. The summed E-state index contributed by atoms with van der Waals surface area (Å²) in [6, 6.07) is 4.60. The first-order valence-electron chi connectivity index (χ1n) is 9.07. The number of rotatable bonds is 4. The molecule has 1 aliphatic heterocycles. The van der Waals surface area contributed by atoms with Gasteiger partial charge in [-0.25, -0.2) is 0 Å². The third kappa shape index (κ3) is 4.99. The van der Waals surface area contributed by atoms with Crippen molar-refractivity contribution in [2.75, 3.05) is 18.4 Å². The van der Waals surface area contributed by atoms with Gasteiger partial charge >= 0.3 is 0 Å². The van der Waals surface area contributed by atoms with Gasteiger partial charge in [-0.15, -0.1) is 0 Å². The minimum atomic E-state index is -0.164. The number of benzene rings is 1. The van der Waals surface area contributed by atoms with Crippen molar-refractivity contribution < 1.29 is 14.4 Å². The molecule has 7 nitrogen and oxygen atoms in total. The van der Waals surface area contributed by atoms with Crippen molar-refractivity contribution >= 4 is 23.2 Å². The zero-order valence-electron chi connectivity index (χ0n) is 15.8. The molecule has 1 aromatic carbocycles. The van der Waals surface area contributed by atoms with E-state index in [1.807, 2.05) is 20.8 Å². The average Bonchev–Trinajstić information content (AvgIpc) is 3.07. The van der Waals surface area contributed by atoms with E-state index in [0.717, 1.165) is 25.9 Å². The topological polar surface area (TPSA) is 91.5 Å². The number of halogens is 1. The number of hydrogen-bond acceptors (Lipinski definition) is 6. The maximum Gasteiger partial charge on any atom is 0.232 e. The number of carbonyl (C=O) groups is 1. The van der Waals surface area contributed by atoms with E-state index in [0.29, 0.717) is 29.0 Å². The van der Waals surface area contributed by atoms with Gasteiger partial charge in [-0.2, -0.15) is 4.98 Å². The summed E-state index contributed by atoms with van der Waals surface area (Å²) in [4.78, 5) is 19.2. The molecule has 0 radical (unpaired) electrons. The summed E-state index contributed by atoms with van der Waals surface area (Å²) < 4.78 is 5.33. The SMILES string of the molecule is CC(C)(C)c1nc(CN2CCC(C(=O)Nc3cc(Cl)ccc3O)CC2)no1. The molecule has 0 atom stereocenters. The molecule has 0 bridgehead atoms. The molecule has 0 spiro atoms. The Bertz CT molecular complexity index is 808. The summed E-state index contributed by atoms with van der Waals surface area (Å²) in [6.07, 6.45) is 1.47. The summed E-state index contributed by atoms with van der Waals surface area (Å²) in [6.45, 7) is 8.27. The number of piperidine rings is 1. The van der Waals surface area contributed by atoms with Gasteiger partial charge in [0.2, 0.25) is 11.8 Å². The van der Waals surface area contributed by atoms with Crippen LogP contribution in [0.1, 0.15) is 45.3 Å². The van der Waals surface area contributed by atoms with Crippen LogP contribution < -0.4 is 5.32 Å². The Balaban J connectivity index is 1.52. The lowest BCUT2D eigenvalue weighted by Crippen LogP contribution is -2.38. The second kappa shape index (κ2) is 7.86. The maximum atomic E-state index is 12.5. The number of amides is 1. The monoisotopic (exact) mass is 392 g/mol. The summed E-state index contributed by atoms with van der Waals surface area (Å²) in [5.74, 6) is 1.12. The van der Waals surface area contributed by atoms with E-state index in [1.165, 1.54) is 6.07 Å². The molecule has 1 aliphatic rings. The highest BCUT2D eigenvalue weighted by Gasteiger charge is 2.27. The Morgan fingerprint density at radius 2 is 2.07 bits per heavy atom. The van der Waals surface area contributed by atoms with Gasteiger partial charge in [0, 0.05) is 16.4 Å². The van der Waals surface area contributed by atoms with Crippen LogP contribution in [0.2, 0.25) is 5.02 Å². The number of likely N-dealkylation sites (tertiary alicyclic amines) is 1. The minimum Gasteiger partial charge on any atom is -0.506 e. The highest BCUT2D eigenvalue weighted by Crippen LogP contribution is 2.28. The van der Waals surface area contributed by atoms with Crippen molar-refractivity contribution in [3.8, 4) is 5.75 Å². The summed E-state index contributed by atoms with van der Waals surface area (Å²) in [7, 11) is 0.